The molecule has 0 bridgehead atoms. The number of likely N-dealkylation sites (N-methyl/N-ethyl adjacent to an activating group) is 1. The van der Waals surface area contributed by atoms with Gasteiger partial charge in [0.2, 0.25) is 11.8 Å². The Morgan fingerprint density at radius 2 is 1.80 bits per heavy atom. The van der Waals surface area contributed by atoms with E-state index in [9.17, 15) is 43.8 Å². The van der Waals surface area contributed by atoms with Crippen LogP contribution in [-0.2, 0) is 35.1 Å². The van der Waals surface area contributed by atoms with Crippen LogP contribution in [-0.4, -0.2) is 100 Å². The zero-order valence-electron chi connectivity index (χ0n) is 26.1. The second-order valence-electron chi connectivity index (χ2n) is 13.7. The van der Waals surface area contributed by atoms with Crippen molar-refractivity contribution < 1.29 is 52.9 Å². The number of amides is 3. The molecular formula is C31H37FN4O10. The number of benzene rings is 1. The molecule has 2 unspecified atom stereocenters. The molecule has 3 aliphatic carbocycles. The Hall–Kier alpha value is -4.24. The highest BCUT2D eigenvalue weighted by Gasteiger charge is 2.69. The lowest BCUT2D eigenvalue weighted by molar-refractivity contribution is -0.181. The first-order valence-corrected chi connectivity index (χ1v) is 15.0. The molecule has 1 aromatic rings. The van der Waals surface area contributed by atoms with Crippen LogP contribution >= 0.6 is 0 Å². The molecule has 0 spiro atoms. The summed E-state index contributed by atoms with van der Waals surface area (Å²) in [5.41, 5.74) is 0.421. The molecule has 3 fully saturated rings. The number of rotatable bonds is 4. The van der Waals surface area contributed by atoms with Crippen molar-refractivity contribution in [3.05, 3.63) is 23.0 Å². The number of phenolic OH excluding ortho intramolecular Hbond substituents is 1. The normalized spacial score (nSPS) is 31.3. The average molecular weight is 645 g/mol. The third kappa shape index (κ3) is 5.05. The molecule has 1 aliphatic heterocycles. The monoisotopic (exact) mass is 644 g/mol. The summed E-state index contributed by atoms with van der Waals surface area (Å²) in [6.45, 7) is 4.95. The number of halogens is 1. The average Bonchev–Trinajstić information content (AvgIpc) is 2.92. The van der Waals surface area contributed by atoms with E-state index in [1.54, 1.807) is 20.8 Å². The van der Waals surface area contributed by atoms with E-state index in [0.717, 1.165) is 11.0 Å². The number of aromatic hydroxyl groups is 1. The number of nitrogens with one attached hydrogen (secondary N) is 1. The van der Waals surface area contributed by atoms with Crippen LogP contribution in [0.2, 0.25) is 0 Å². The van der Waals surface area contributed by atoms with Gasteiger partial charge in [-0.1, -0.05) is 0 Å². The number of hydrogen-bond donors (Lipinski definition) is 4. The lowest BCUT2D eigenvalue weighted by Crippen LogP contribution is -2.74. The van der Waals surface area contributed by atoms with Crippen molar-refractivity contribution in [2.24, 2.45) is 29.4 Å². The number of carbonyl (C=O) groups is 7. The van der Waals surface area contributed by atoms with Crippen molar-refractivity contribution in [3.8, 4) is 5.75 Å². The topological polar surface area (TPSA) is 214 Å². The van der Waals surface area contributed by atoms with Gasteiger partial charge in [-0.3, -0.25) is 33.7 Å². The summed E-state index contributed by atoms with van der Waals surface area (Å²) in [6.07, 6.45) is -0.770. The van der Waals surface area contributed by atoms with Crippen LogP contribution in [0.25, 0.3) is 0 Å². The molecule has 0 radical (unpaired) electrons. The van der Waals surface area contributed by atoms with Crippen molar-refractivity contribution in [1.82, 2.24) is 10.2 Å². The fourth-order valence-corrected chi connectivity index (χ4v) is 7.52. The molecule has 4 aliphatic rings. The fourth-order valence-electron chi connectivity index (χ4n) is 7.52. The van der Waals surface area contributed by atoms with E-state index in [0.29, 0.717) is 6.42 Å². The number of nitrogens with zero attached hydrogens (tertiary/aromatic N) is 2. The molecule has 248 valence electrons. The molecule has 7 atom stereocenters. The van der Waals surface area contributed by atoms with Gasteiger partial charge in [0.1, 0.15) is 17.5 Å². The Bertz CT molecular complexity index is 1590. The number of anilines is 1. The summed E-state index contributed by atoms with van der Waals surface area (Å²) in [7, 11) is 2.92. The molecule has 15 heteroatoms. The molecular weight excluding hydrogens is 607 g/mol. The maximum atomic E-state index is 15.8. The van der Waals surface area contributed by atoms with Gasteiger partial charge in [-0.15, -0.1) is 0 Å². The molecule has 5 N–H and O–H groups in total. The smallest absolute Gasteiger partial charge is 0.408 e. The van der Waals surface area contributed by atoms with E-state index < -0.39 is 105 Å². The van der Waals surface area contributed by atoms with Crippen LogP contribution in [0.15, 0.2) is 6.07 Å². The van der Waals surface area contributed by atoms with Crippen LogP contribution in [0.1, 0.15) is 56.0 Å². The van der Waals surface area contributed by atoms with Gasteiger partial charge in [0.25, 0.3) is 0 Å². The van der Waals surface area contributed by atoms with Gasteiger partial charge >= 0.3 is 6.09 Å². The minimum absolute atomic E-state index is 0.0146. The van der Waals surface area contributed by atoms with Crippen molar-refractivity contribution in [1.29, 1.82) is 0 Å². The van der Waals surface area contributed by atoms with Crippen LogP contribution in [0.4, 0.5) is 14.9 Å². The summed E-state index contributed by atoms with van der Waals surface area (Å²) in [5.74, 6) is -14.5. The highest BCUT2D eigenvalue weighted by molar-refractivity contribution is 6.32. The first-order chi connectivity index (χ1) is 21.3. The van der Waals surface area contributed by atoms with Gasteiger partial charge in [-0.2, -0.15) is 0 Å². The van der Waals surface area contributed by atoms with Gasteiger partial charge in [0.15, 0.2) is 40.4 Å². The Morgan fingerprint density at radius 3 is 2.39 bits per heavy atom. The Balaban J connectivity index is 1.52. The molecule has 46 heavy (non-hydrogen) atoms. The maximum Gasteiger partial charge on any atom is 0.408 e. The maximum absolute atomic E-state index is 15.8. The third-order valence-electron chi connectivity index (χ3n) is 9.41. The number of piperidine rings is 1. The number of phenols is 1. The van der Waals surface area contributed by atoms with Gasteiger partial charge in [-0.25, -0.2) is 9.18 Å². The molecule has 1 saturated heterocycles. The quantitative estimate of drug-likeness (QED) is 0.321. The number of primary amides is 1. The van der Waals surface area contributed by atoms with E-state index in [1.807, 2.05) is 0 Å². The first kappa shape index (κ1) is 33.1. The van der Waals surface area contributed by atoms with Crippen molar-refractivity contribution in [2.45, 2.75) is 69.7 Å². The highest BCUT2D eigenvalue weighted by Crippen LogP contribution is 2.52. The molecule has 1 aromatic carbocycles. The fraction of sp³-hybridized carbons (Fsp3) is 0.581. The minimum Gasteiger partial charge on any atom is -0.505 e. The molecule has 14 nitrogen and oxygen atoms in total. The zero-order chi connectivity index (χ0) is 34.2. The van der Waals surface area contributed by atoms with Gasteiger partial charge < -0.3 is 30.9 Å². The van der Waals surface area contributed by atoms with Crippen LogP contribution in [0, 0.1) is 29.5 Å². The van der Waals surface area contributed by atoms with Crippen molar-refractivity contribution in [2.75, 3.05) is 25.5 Å². The molecule has 0 aromatic heterocycles. The Kier molecular flexibility index (Phi) is 8.09. The van der Waals surface area contributed by atoms with E-state index in [2.05, 4.69) is 5.32 Å². The van der Waals surface area contributed by atoms with Crippen molar-refractivity contribution in [3.63, 3.8) is 0 Å². The molecule has 2 saturated carbocycles. The van der Waals surface area contributed by atoms with Crippen LogP contribution < -0.4 is 16.0 Å². The summed E-state index contributed by atoms with van der Waals surface area (Å²) in [5, 5.41) is 25.5. The second kappa shape index (κ2) is 11.2. The van der Waals surface area contributed by atoms with E-state index >= 15 is 4.39 Å². The number of ketones is 4. The van der Waals surface area contributed by atoms with Gasteiger partial charge in [0.05, 0.1) is 23.2 Å². The number of carbonyl (C=O) groups excluding carboxylic acids is 7. The predicted octanol–water partition coefficient (Wildman–Crippen LogP) is 0.0262. The van der Waals surface area contributed by atoms with Crippen LogP contribution in [0.5, 0.6) is 5.75 Å². The first-order valence-electron chi connectivity index (χ1n) is 15.0. The molecule has 1 heterocycles. The number of nitrogens with two attached hydrogens (primary N) is 1. The number of fused-ring (bicyclic) bond motifs is 3. The predicted molar refractivity (Wildman–Crippen MR) is 156 cm³/mol. The van der Waals surface area contributed by atoms with E-state index in [1.165, 1.54) is 19.0 Å². The van der Waals surface area contributed by atoms with E-state index in [4.69, 9.17) is 10.5 Å². The third-order valence-corrected chi connectivity index (χ3v) is 9.41. The number of Topliss-reactive ketones (excluding diaryl/α,β-unsaturated/α-hetero) is 4. The number of alkyl carbamates (subject to hydrolysis) is 1. The van der Waals surface area contributed by atoms with Gasteiger partial charge in [-0.05, 0) is 66.5 Å². The number of hydrogen-bond acceptors (Lipinski definition) is 11. The van der Waals surface area contributed by atoms with Crippen molar-refractivity contribution >= 4 is 46.7 Å². The molecule has 5 rings (SSSR count). The molecule has 3 amide bonds. The Labute approximate surface area is 263 Å². The number of ether oxygens (including phenoxy) is 1. The summed E-state index contributed by atoms with van der Waals surface area (Å²) >= 11 is 0. The standard InChI is InChI=1S/C31H37FN4O10/c1-30(2,3)46-29(44)34-16-7-6-8-36(28(16)43)17-11-15(32)13-9-12-10-14-21(35(4)5)24(39)20(27(33)42)26(41)31(14,45)25(40)18(12)23(38)19(13)22(17)37/h11-12,14,16,18,20-21,37,45H,6-10H2,1-5H3,(H2,33,42)(H,34,44)/t12-,14-,16-,18?,20?,21-,31-/m0/s1. The minimum atomic E-state index is -2.92. The summed E-state index contributed by atoms with van der Waals surface area (Å²) in [4.78, 5) is 94.9. The van der Waals surface area contributed by atoms with Crippen LogP contribution in [0.3, 0.4) is 0 Å². The lowest BCUT2D eigenvalue weighted by atomic mass is 9.52. The SMILES string of the molecule is CN(C)[C@@H]1C(=O)C(C(N)=O)C(=O)[C@@]2(O)C(=O)C3C(=O)c4c(O)c(N5CCC[C@H](NC(=O)OC(C)(C)C)C5=O)cc(F)c4C[C@H]3C[C@@H]12. The highest BCUT2D eigenvalue weighted by atomic mass is 19.1. The van der Waals surface area contributed by atoms with E-state index in [-0.39, 0.29) is 37.1 Å². The lowest BCUT2D eigenvalue weighted by Gasteiger charge is -2.52. The number of aliphatic hydroxyl groups is 1. The largest absolute Gasteiger partial charge is 0.505 e. The van der Waals surface area contributed by atoms with Gasteiger partial charge in [0, 0.05) is 24.1 Å². The summed E-state index contributed by atoms with van der Waals surface area (Å²) in [6, 6.07) is -1.45. The zero-order valence-corrected chi connectivity index (χ0v) is 26.1. The second-order valence-corrected chi connectivity index (χ2v) is 13.7. The summed E-state index contributed by atoms with van der Waals surface area (Å²) < 4.78 is 21.0. The Morgan fingerprint density at radius 1 is 1.15 bits per heavy atom.